The van der Waals surface area contributed by atoms with Crippen molar-refractivity contribution in [3.8, 4) is 5.75 Å². The molecule has 0 saturated heterocycles. The van der Waals surface area contributed by atoms with E-state index in [-0.39, 0.29) is 0 Å². The molecule has 18 heavy (non-hydrogen) atoms. The van der Waals surface area contributed by atoms with Gasteiger partial charge in [0.2, 0.25) is 0 Å². The summed E-state index contributed by atoms with van der Waals surface area (Å²) >= 11 is 0. The lowest BCUT2D eigenvalue weighted by atomic mass is 10.3. The summed E-state index contributed by atoms with van der Waals surface area (Å²) < 4.78 is 5.53. The first-order chi connectivity index (χ1) is 8.95. The molecule has 0 atom stereocenters. The maximum absolute atomic E-state index is 5.53. The Balaban J connectivity index is 0.000000659. The number of hydrogen-bond acceptors (Lipinski definition) is 2. The monoisotopic (exact) mass is 245 g/mol. The molecule has 0 radical (unpaired) electrons. The highest BCUT2D eigenvalue weighted by atomic mass is 16.5. The quantitative estimate of drug-likeness (QED) is 0.781. The molecule has 0 aliphatic carbocycles. The summed E-state index contributed by atoms with van der Waals surface area (Å²) in [5.41, 5.74) is 0.941. The van der Waals surface area contributed by atoms with Gasteiger partial charge < -0.3 is 4.74 Å². The van der Waals surface area contributed by atoms with E-state index >= 15 is 0 Å². The van der Waals surface area contributed by atoms with Crippen molar-refractivity contribution in [2.75, 3.05) is 0 Å². The van der Waals surface area contributed by atoms with Gasteiger partial charge in [-0.3, -0.25) is 4.98 Å². The van der Waals surface area contributed by atoms with Gasteiger partial charge in [0, 0.05) is 6.20 Å². The van der Waals surface area contributed by atoms with E-state index in [4.69, 9.17) is 4.74 Å². The Labute approximate surface area is 111 Å². The summed E-state index contributed by atoms with van der Waals surface area (Å²) in [6.07, 6.45) is 1.77. The van der Waals surface area contributed by atoms with Gasteiger partial charge in [-0.2, -0.15) is 0 Å². The summed E-state index contributed by atoms with van der Waals surface area (Å²) in [5, 5.41) is 0. The van der Waals surface area contributed by atoms with Gasteiger partial charge in [0.05, 0.1) is 5.69 Å². The van der Waals surface area contributed by atoms with Gasteiger partial charge in [-0.1, -0.05) is 52.0 Å². The van der Waals surface area contributed by atoms with Gasteiger partial charge in [0.15, 0.2) is 0 Å². The van der Waals surface area contributed by atoms with Crippen LogP contribution in [0.25, 0.3) is 0 Å². The van der Waals surface area contributed by atoms with Crippen molar-refractivity contribution >= 4 is 0 Å². The molecular formula is C16H23NO. The van der Waals surface area contributed by atoms with Gasteiger partial charge >= 0.3 is 0 Å². The number of aromatic nitrogens is 1. The fourth-order valence-electron chi connectivity index (χ4n) is 1.16. The van der Waals surface area contributed by atoms with Crippen LogP contribution in [0, 0.1) is 0 Å². The predicted molar refractivity (Wildman–Crippen MR) is 77.7 cm³/mol. The second-order valence-corrected chi connectivity index (χ2v) is 2.92. The molecule has 2 heteroatoms. The van der Waals surface area contributed by atoms with Crippen LogP contribution in [0.4, 0.5) is 0 Å². The van der Waals surface area contributed by atoms with E-state index in [9.17, 15) is 0 Å². The lowest BCUT2D eigenvalue weighted by Crippen LogP contribution is -1.96. The van der Waals surface area contributed by atoms with Crippen LogP contribution in [0.3, 0.4) is 0 Å². The van der Waals surface area contributed by atoms with Crippen LogP contribution in [0.5, 0.6) is 5.75 Å². The SMILES string of the molecule is CC.CC.c1ccc(OCc2ccccn2)cc1. The molecule has 2 nitrogen and oxygen atoms in total. The highest BCUT2D eigenvalue weighted by Crippen LogP contribution is 2.10. The number of para-hydroxylation sites is 1. The number of pyridine rings is 1. The third kappa shape index (κ3) is 6.69. The van der Waals surface area contributed by atoms with Crippen LogP contribution in [0.15, 0.2) is 54.7 Å². The zero-order valence-corrected chi connectivity index (χ0v) is 11.8. The Morgan fingerprint density at radius 1 is 0.833 bits per heavy atom. The minimum Gasteiger partial charge on any atom is -0.487 e. The largest absolute Gasteiger partial charge is 0.487 e. The summed E-state index contributed by atoms with van der Waals surface area (Å²) in [6.45, 7) is 8.52. The molecule has 98 valence electrons. The van der Waals surface area contributed by atoms with E-state index in [2.05, 4.69) is 4.98 Å². The standard InChI is InChI=1S/C12H11NO.2C2H6/c1-2-7-12(8-3-1)14-10-11-6-4-5-9-13-11;2*1-2/h1-9H,10H2;2*1-2H3. The van der Waals surface area contributed by atoms with Crippen molar-refractivity contribution in [2.24, 2.45) is 0 Å². The summed E-state index contributed by atoms with van der Waals surface area (Å²) in [5.74, 6) is 0.873. The first-order valence-electron chi connectivity index (χ1n) is 6.53. The molecule has 0 amide bonds. The lowest BCUT2D eigenvalue weighted by Gasteiger charge is -2.04. The normalized spacial score (nSPS) is 8.22. The van der Waals surface area contributed by atoms with Crippen LogP contribution < -0.4 is 4.74 Å². The van der Waals surface area contributed by atoms with E-state index in [1.54, 1.807) is 6.20 Å². The highest BCUT2D eigenvalue weighted by molar-refractivity contribution is 5.21. The van der Waals surface area contributed by atoms with Gasteiger partial charge in [0.1, 0.15) is 12.4 Å². The average Bonchev–Trinajstić information content (AvgIpc) is 2.51. The van der Waals surface area contributed by atoms with Crippen LogP contribution in [0.2, 0.25) is 0 Å². The van der Waals surface area contributed by atoms with Crippen molar-refractivity contribution in [2.45, 2.75) is 34.3 Å². The molecule has 0 aliphatic rings. The lowest BCUT2D eigenvalue weighted by molar-refractivity contribution is 0.301. The fourth-order valence-corrected chi connectivity index (χ4v) is 1.16. The molecule has 1 aromatic heterocycles. The van der Waals surface area contributed by atoms with Gasteiger partial charge in [-0.25, -0.2) is 0 Å². The second-order valence-electron chi connectivity index (χ2n) is 2.92. The molecule has 0 aliphatic heterocycles. The third-order valence-corrected chi connectivity index (χ3v) is 1.86. The summed E-state index contributed by atoms with van der Waals surface area (Å²) in [7, 11) is 0. The van der Waals surface area contributed by atoms with Crippen molar-refractivity contribution in [3.63, 3.8) is 0 Å². The Bertz CT molecular complexity index is 333. The first-order valence-corrected chi connectivity index (χ1v) is 6.53. The molecule has 0 saturated carbocycles. The van der Waals surface area contributed by atoms with Gasteiger partial charge in [-0.15, -0.1) is 0 Å². The number of nitrogens with zero attached hydrogens (tertiary/aromatic N) is 1. The fraction of sp³-hybridized carbons (Fsp3) is 0.312. The summed E-state index contributed by atoms with van der Waals surface area (Å²) in [4.78, 5) is 4.17. The maximum atomic E-state index is 5.53. The topological polar surface area (TPSA) is 22.1 Å². The summed E-state index contributed by atoms with van der Waals surface area (Å²) in [6, 6.07) is 15.5. The molecule has 0 spiro atoms. The van der Waals surface area contributed by atoms with E-state index in [0.29, 0.717) is 6.61 Å². The number of rotatable bonds is 3. The molecular weight excluding hydrogens is 222 g/mol. The Morgan fingerprint density at radius 3 is 2.00 bits per heavy atom. The van der Waals surface area contributed by atoms with Crippen LogP contribution in [-0.4, -0.2) is 4.98 Å². The first kappa shape index (κ1) is 16.2. The maximum Gasteiger partial charge on any atom is 0.130 e. The minimum absolute atomic E-state index is 0.519. The molecule has 0 bridgehead atoms. The molecule has 1 aromatic carbocycles. The van der Waals surface area contributed by atoms with Crippen molar-refractivity contribution in [3.05, 3.63) is 60.4 Å². The number of benzene rings is 1. The number of hydrogen-bond donors (Lipinski definition) is 0. The van der Waals surface area contributed by atoms with Crippen molar-refractivity contribution in [1.82, 2.24) is 4.98 Å². The zero-order valence-electron chi connectivity index (χ0n) is 11.8. The molecule has 2 aromatic rings. The minimum atomic E-state index is 0.519. The molecule has 0 fully saturated rings. The smallest absolute Gasteiger partial charge is 0.130 e. The Morgan fingerprint density at radius 2 is 1.44 bits per heavy atom. The van der Waals surface area contributed by atoms with Crippen LogP contribution in [0.1, 0.15) is 33.4 Å². The predicted octanol–water partition coefficient (Wildman–Crippen LogP) is 4.71. The second kappa shape index (κ2) is 11.6. The molecule has 0 N–H and O–H groups in total. The van der Waals surface area contributed by atoms with Crippen LogP contribution in [-0.2, 0) is 6.61 Å². The van der Waals surface area contributed by atoms with Crippen LogP contribution >= 0.6 is 0 Å². The van der Waals surface area contributed by atoms with Crippen molar-refractivity contribution in [1.29, 1.82) is 0 Å². The van der Waals surface area contributed by atoms with Gasteiger partial charge in [0.25, 0.3) is 0 Å². The third-order valence-electron chi connectivity index (χ3n) is 1.86. The molecule has 2 rings (SSSR count). The van der Waals surface area contributed by atoms with E-state index in [0.717, 1.165) is 11.4 Å². The Kier molecular flexibility index (Phi) is 10.5. The molecule has 0 unspecified atom stereocenters. The van der Waals surface area contributed by atoms with E-state index in [1.807, 2.05) is 76.2 Å². The van der Waals surface area contributed by atoms with E-state index in [1.165, 1.54) is 0 Å². The Hall–Kier alpha value is -1.83. The average molecular weight is 245 g/mol. The highest BCUT2D eigenvalue weighted by Gasteiger charge is 1.94. The number of ether oxygens (including phenoxy) is 1. The zero-order chi connectivity index (χ0) is 13.6. The van der Waals surface area contributed by atoms with Crippen molar-refractivity contribution < 1.29 is 4.74 Å². The van der Waals surface area contributed by atoms with E-state index < -0.39 is 0 Å². The van der Waals surface area contributed by atoms with Gasteiger partial charge in [-0.05, 0) is 24.3 Å². The molecule has 1 heterocycles.